The Kier molecular flexibility index (Phi) is 4.48. The van der Waals surface area contributed by atoms with Crippen LogP contribution < -0.4 is 0 Å². The highest BCUT2D eigenvalue weighted by Crippen LogP contribution is 2.23. The molecular weight excluding hydrogens is 320 g/mol. The number of thiophene rings is 1. The third kappa shape index (κ3) is 3.16. The molecule has 18 heavy (non-hydrogen) atoms. The van der Waals surface area contributed by atoms with Crippen molar-refractivity contribution in [2.24, 2.45) is 0 Å². The molecule has 0 unspecified atom stereocenters. The molecule has 0 N–H and O–H groups in total. The first-order valence-electron chi connectivity index (χ1n) is 5.40. The van der Waals surface area contributed by atoms with Crippen molar-refractivity contribution < 1.29 is 8.78 Å². The molecule has 5 heteroatoms. The second-order valence-corrected chi connectivity index (χ2v) is 5.76. The Morgan fingerprint density at radius 3 is 2.67 bits per heavy atom. The summed E-state index contributed by atoms with van der Waals surface area (Å²) in [7, 11) is 1.84. The minimum atomic E-state index is -0.521. The van der Waals surface area contributed by atoms with Gasteiger partial charge in [0.25, 0.3) is 0 Å². The molecule has 1 nitrogen and oxygen atoms in total. The van der Waals surface area contributed by atoms with Crippen LogP contribution in [0.2, 0.25) is 0 Å². The monoisotopic (exact) mass is 331 g/mol. The van der Waals surface area contributed by atoms with Gasteiger partial charge in [-0.25, -0.2) is 8.78 Å². The van der Waals surface area contributed by atoms with Gasteiger partial charge in [0.1, 0.15) is 11.6 Å². The topological polar surface area (TPSA) is 3.24 Å². The van der Waals surface area contributed by atoms with Crippen LogP contribution in [0.25, 0.3) is 0 Å². The van der Waals surface area contributed by atoms with Gasteiger partial charge in [0.2, 0.25) is 0 Å². The molecule has 2 aromatic rings. The van der Waals surface area contributed by atoms with Gasteiger partial charge in [-0.3, -0.25) is 4.90 Å². The van der Waals surface area contributed by atoms with Gasteiger partial charge in [-0.15, -0.1) is 0 Å². The zero-order valence-electron chi connectivity index (χ0n) is 9.79. The maximum Gasteiger partial charge on any atom is 0.144 e. The van der Waals surface area contributed by atoms with Crippen molar-refractivity contribution in [3.8, 4) is 0 Å². The smallest absolute Gasteiger partial charge is 0.144 e. The quantitative estimate of drug-likeness (QED) is 0.749. The summed E-state index contributed by atoms with van der Waals surface area (Å²) in [6, 6.07) is 4.67. The molecule has 0 saturated carbocycles. The number of benzene rings is 1. The second-order valence-electron chi connectivity index (χ2n) is 4.13. The van der Waals surface area contributed by atoms with Crippen LogP contribution in [0.3, 0.4) is 0 Å². The molecule has 1 aromatic carbocycles. The summed E-state index contributed by atoms with van der Waals surface area (Å²) < 4.78 is 27.7. The maximum atomic E-state index is 13.8. The molecule has 0 spiro atoms. The highest BCUT2D eigenvalue weighted by molar-refractivity contribution is 9.10. The van der Waals surface area contributed by atoms with Crippen LogP contribution in [0.1, 0.15) is 11.1 Å². The molecule has 1 heterocycles. The van der Waals surface area contributed by atoms with Crippen LogP contribution in [0.15, 0.2) is 33.4 Å². The minimum absolute atomic E-state index is 0.0992. The van der Waals surface area contributed by atoms with E-state index in [0.717, 1.165) is 5.56 Å². The average Bonchev–Trinajstić information content (AvgIpc) is 2.82. The SMILES string of the molecule is CN(Cc1ccsc1)Cc1c(F)ccc(Br)c1F. The van der Waals surface area contributed by atoms with Gasteiger partial charge < -0.3 is 0 Å². The minimum Gasteiger partial charge on any atom is -0.298 e. The zero-order chi connectivity index (χ0) is 13.1. The molecule has 1 aromatic heterocycles. The number of hydrogen-bond donors (Lipinski definition) is 0. The third-order valence-corrected chi connectivity index (χ3v) is 3.94. The van der Waals surface area contributed by atoms with Crippen LogP contribution in [-0.4, -0.2) is 11.9 Å². The van der Waals surface area contributed by atoms with E-state index < -0.39 is 11.6 Å². The van der Waals surface area contributed by atoms with Crippen LogP contribution >= 0.6 is 27.3 Å². The Bertz CT molecular complexity index is 528. The van der Waals surface area contributed by atoms with Crippen molar-refractivity contribution in [2.75, 3.05) is 7.05 Å². The van der Waals surface area contributed by atoms with Gasteiger partial charge in [0, 0.05) is 18.7 Å². The summed E-state index contributed by atoms with van der Waals surface area (Å²) in [4.78, 5) is 1.88. The van der Waals surface area contributed by atoms with Gasteiger partial charge in [-0.05, 0) is 57.5 Å². The van der Waals surface area contributed by atoms with E-state index in [9.17, 15) is 8.78 Å². The van der Waals surface area contributed by atoms with Crippen molar-refractivity contribution in [3.05, 3.63) is 56.2 Å². The van der Waals surface area contributed by atoms with Gasteiger partial charge in [-0.2, -0.15) is 11.3 Å². The molecule has 0 saturated heterocycles. The van der Waals surface area contributed by atoms with Crippen molar-refractivity contribution in [1.82, 2.24) is 4.90 Å². The number of hydrogen-bond acceptors (Lipinski definition) is 2. The van der Waals surface area contributed by atoms with Crippen molar-refractivity contribution >= 4 is 27.3 Å². The first-order chi connectivity index (χ1) is 8.58. The summed E-state index contributed by atoms with van der Waals surface area (Å²) >= 11 is 4.69. The summed E-state index contributed by atoms with van der Waals surface area (Å²) in [6.45, 7) is 0.918. The third-order valence-electron chi connectivity index (χ3n) is 2.60. The molecule has 0 bridgehead atoms. The molecule has 96 valence electrons. The zero-order valence-corrected chi connectivity index (χ0v) is 12.2. The van der Waals surface area contributed by atoms with E-state index in [-0.39, 0.29) is 12.1 Å². The predicted octanol–water partition coefficient (Wildman–Crippen LogP) is 4.42. The lowest BCUT2D eigenvalue weighted by Gasteiger charge is -2.17. The molecular formula is C13H12BrF2NS. The molecule has 0 amide bonds. The molecule has 0 radical (unpaired) electrons. The van der Waals surface area contributed by atoms with E-state index in [2.05, 4.69) is 15.9 Å². The summed E-state index contributed by atoms with van der Waals surface area (Å²) in [5.41, 5.74) is 1.25. The van der Waals surface area contributed by atoms with Gasteiger partial charge in [0.15, 0.2) is 0 Å². The average molecular weight is 332 g/mol. The summed E-state index contributed by atoms with van der Waals surface area (Å²) in [5.74, 6) is -1.03. The molecule has 0 aliphatic heterocycles. The number of halogens is 3. The standard InChI is InChI=1S/C13H12BrF2NS/c1-17(6-9-4-5-18-8-9)7-10-12(15)3-2-11(14)13(10)16/h2-5,8H,6-7H2,1H3. The lowest BCUT2D eigenvalue weighted by Crippen LogP contribution is -2.18. The van der Waals surface area contributed by atoms with Crippen molar-refractivity contribution in [2.45, 2.75) is 13.1 Å². The van der Waals surface area contributed by atoms with Gasteiger partial charge >= 0.3 is 0 Å². The first kappa shape index (κ1) is 13.6. The van der Waals surface area contributed by atoms with E-state index in [0.29, 0.717) is 11.0 Å². The predicted molar refractivity (Wildman–Crippen MR) is 73.5 cm³/mol. The Morgan fingerprint density at radius 2 is 2.00 bits per heavy atom. The second kappa shape index (κ2) is 5.91. The van der Waals surface area contributed by atoms with Crippen molar-refractivity contribution in [1.29, 1.82) is 0 Å². The molecule has 0 aliphatic rings. The fourth-order valence-electron chi connectivity index (χ4n) is 1.73. The van der Waals surface area contributed by atoms with E-state index in [1.54, 1.807) is 11.3 Å². The molecule has 0 aliphatic carbocycles. The van der Waals surface area contributed by atoms with Crippen LogP contribution in [0, 0.1) is 11.6 Å². The van der Waals surface area contributed by atoms with Gasteiger partial charge in [0.05, 0.1) is 4.47 Å². The Hall–Kier alpha value is -0.780. The van der Waals surface area contributed by atoms with Crippen LogP contribution in [0.5, 0.6) is 0 Å². The van der Waals surface area contributed by atoms with E-state index in [1.165, 1.54) is 12.1 Å². The fourth-order valence-corrected chi connectivity index (χ4v) is 2.77. The highest BCUT2D eigenvalue weighted by atomic mass is 79.9. The maximum absolute atomic E-state index is 13.8. The first-order valence-corrected chi connectivity index (χ1v) is 7.13. The molecule has 0 atom stereocenters. The largest absolute Gasteiger partial charge is 0.298 e. The lowest BCUT2D eigenvalue weighted by molar-refractivity contribution is 0.307. The normalized spacial score (nSPS) is 11.2. The van der Waals surface area contributed by atoms with Gasteiger partial charge in [-0.1, -0.05) is 0 Å². The van der Waals surface area contributed by atoms with Crippen molar-refractivity contribution in [3.63, 3.8) is 0 Å². The number of rotatable bonds is 4. The molecule has 2 rings (SSSR count). The summed E-state index contributed by atoms with van der Waals surface area (Å²) in [5, 5.41) is 4.02. The van der Waals surface area contributed by atoms with E-state index in [4.69, 9.17) is 0 Å². The lowest BCUT2D eigenvalue weighted by atomic mass is 10.2. The van der Waals surface area contributed by atoms with Crippen LogP contribution in [0.4, 0.5) is 8.78 Å². The molecule has 0 fully saturated rings. The Morgan fingerprint density at radius 1 is 1.22 bits per heavy atom. The Balaban J connectivity index is 2.11. The highest BCUT2D eigenvalue weighted by Gasteiger charge is 2.14. The fraction of sp³-hybridized carbons (Fsp3) is 0.231. The Labute approximate surface area is 117 Å². The van der Waals surface area contributed by atoms with Crippen LogP contribution in [-0.2, 0) is 13.1 Å². The summed E-state index contributed by atoms with van der Waals surface area (Å²) in [6.07, 6.45) is 0. The van der Waals surface area contributed by atoms with E-state index in [1.807, 2.05) is 28.8 Å². The number of nitrogens with zero attached hydrogens (tertiary/aromatic N) is 1. The van der Waals surface area contributed by atoms with E-state index >= 15 is 0 Å².